The number of hydrogen-bond donors (Lipinski definition) is 1. The molecule has 5 nitrogen and oxygen atoms in total. The van der Waals surface area contributed by atoms with Gasteiger partial charge in [0.1, 0.15) is 12.3 Å². The van der Waals surface area contributed by atoms with Gasteiger partial charge in [-0.15, -0.1) is 0 Å². The first-order valence-corrected chi connectivity index (χ1v) is 8.09. The predicted octanol–water partition coefficient (Wildman–Crippen LogP) is 3.41. The summed E-state index contributed by atoms with van der Waals surface area (Å²) < 4.78 is 7.71. The van der Waals surface area contributed by atoms with Crippen LogP contribution in [0, 0.1) is 0 Å². The Labute approximate surface area is 147 Å². The number of ether oxygens (including phenoxy) is 1. The third-order valence-electron chi connectivity index (χ3n) is 3.61. The topological polar surface area (TPSA) is 60.3 Å². The number of anilines is 1. The molecule has 0 atom stereocenters. The molecule has 6 heteroatoms. The standard InChI is InChI=1S/C18H15BrN2O3/c1-24-14-4-2-3-13(10-14)20-18(23)11-21-8-7-17(22)15-9-12(19)5-6-16(15)21/h2-10H,11H2,1H3,(H,20,23). The molecule has 1 aromatic heterocycles. The molecule has 0 radical (unpaired) electrons. The minimum Gasteiger partial charge on any atom is -0.497 e. The number of amides is 1. The lowest BCUT2D eigenvalue weighted by molar-refractivity contribution is -0.116. The monoisotopic (exact) mass is 386 g/mol. The fourth-order valence-corrected chi connectivity index (χ4v) is 2.84. The van der Waals surface area contributed by atoms with Gasteiger partial charge in [0.15, 0.2) is 5.43 Å². The number of carbonyl (C=O) groups is 1. The molecule has 1 N–H and O–H groups in total. The van der Waals surface area contributed by atoms with Gasteiger partial charge in [-0.25, -0.2) is 0 Å². The maximum absolute atomic E-state index is 12.3. The number of carbonyl (C=O) groups excluding carboxylic acids is 1. The largest absolute Gasteiger partial charge is 0.497 e. The summed E-state index contributed by atoms with van der Waals surface area (Å²) >= 11 is 3.36. The zero-order valence-corrected chi connectivity index (χ0v) is 14.5. The van der Waals surface area contributed by atoms with E-state index >= 15 is 0 Å². The summed E-state index contributed by atoms with van der Waals surface area (Å²) in [5.41, 5.74) is 1.30. The van der Waals surface area contributed by atoms with Crippen LogP contribution in [0.3, 0.4) is 0 Å². The molecule has 3 rings (SSSR count). The Hall–Kier alpha value is -2.60. The van der Waals surface area contributed by atoms with Crippen molar-refractivity contribution in [3.63, 3.8) is 0 Å². The molecule has 0 saturated carbocycles. The van der Waals surface area contributed by atoms with Crippen molar-refractivity contribution in [2.75, 3.05) is 12.4 Å². The number of benzene rings is 2. The zero-order chi connectivity index (χ0) is 17.1. The highest BCUT2D eigenvalue weighted by molar-refractivity contribution is 9.10. The van der Waals surface area contributed by atoms with E-state index in [1.165, 1.54) is 6.07 Å². The van der Waals surface area contributed by atoms with Crippen LogP contribution in [0.15, 0.2) is 64.0 Å². The average Bonchev–Trinajstić information content (AvgIpc) is 2.57. The van der Waals surface area contributed by atoms with Crippen molar-refractivity contribution in [1.82, 2.24) is 4.57 Å². The van der Waals surface area contributed by atoms with Crippen LogP contribution in [0.25, 0.3) is 10.9 Å². The van der Waals surface area contributed by atoms with Crippen LogP contribution >= 0.6 is 15.9 Å². The van der Waals surface area contributed by atoms with Crippen LogP contribution in [0.2, 0.25) is 0 Å². The number of methoxy groups -OCH3 is 1. The average molecular weight is 387 g/mol. The van der Waals surface area contributed by atoms with Crippen molar-refractivity contribution in [2.45, 2.75) is 6.54 Å². The van der Waals surface area contributed by atoms with Gasteiger partial charge in [0, 0.05) is 33.9 Å². The summed E-state index contributed by atoms with van der Waals surface area (Å²) in [7, 11) is 1.57. The highest BCUT2D eigenvalue weighted by Crippen LogP contribution is 2.18. The van der Waals surface area contributed by atoms with Gasteiger partial charge < -0.3 is 14.6 Å². The molecule has 24 heavy (non-hydrogen) atoms. The van der Waals surface area contributed by atoms with Gasteiger partial charge in [0.2, 0.25) is 5.91 Å². The molecule has 1 amide bonds. The molecule has 0 bridgehead atoms. The first-order chi connectivity index (χ1) is 11.6. The van der Waals surface area contributed by atoms with Crippen molar-refractivity contribution in [1.29, 1.82) is 0 Å². The van der Waals surface area contributed by atoms with Crippen LogP contribution in [0.4, 0.5) is 5.69 Å². The molecule has 3 aromatic rings. The van der Waals surface area contributed by atoms with E-state index in [0.717, 1.165) is 4.47 Å². The van der Waals surface area contributed by atoms with Gasteiger partial charge in [0.05, 0.1) is 12.6 Å². The van der Waals surface area contributed by atoms with E-state index in [4.69, 9.17) is 4.74 Å². The Bertz CT molecular complexity index is 966. The molecule has 1 heterocycles. The lowest BCUT2D eigenvalue weighted by Crippen LogP contribution is -2.20. The first kappa shape index (κ1) is 16.3. The Balaban J connectivity index is 1.85. The number of pyridine rings is 1. The zero-order valence-electron chi connectivity index (χ0n) is 13.0. The maximum Gasteiger partial charge on any atom is 0.244 e. The van der Waals surface area contributed by atoms with Crippen LogP contribution in [-0.2, 0) is 11.3 Å². The maximum atomic E-state index is 12.3. The second kappa shape index (κ2) is 6.88. The van der Waals surface area contributed by atoms with Crippen molar-refractivity contribution in [2.24, 2.45) is 0 Å². The SMILES string of the molecule is COc1cccc(NC(=O)Cn2ccc(=O)c3cc(Br)ccc32)c1. The minimum absolute atomic E-state index is 0.0734. The number of hydrogen-bond acceptors (Lipinski definition) is 3. The van der Waals surface area contributed by atoms with E-state index in [2.05, 4.69) is 21.2 Å². The van der Waals surface area contributed by atoms with E-state index in [1.807, 2.05) is 18.2 Å². The van der Waals surface area contributed by atoms with Crippen molar-refractivity contribution in [3.8, 4) is 5.75 Å². The molecule has 0 saturated heterocycles. The molecule has 0 aliphatic carbocycles. The van der Waals surface area contributed by atoms with E-state index < -0.39 is 0 Å². The second-order valence-electron chi connectivity index (χ2n) is 5.25. The van der Waals surface area contributed by atoms with Gasteiger partial charge >= 0.3 is 0 Å². The van der Waals surface area contributed by atoms with Gasteiger partial charge in [-0.2, -0.15) is 0 Å². The van der Waals surface area contributed by atoms with Crippen molar-refractivity contribution >= 4 is 38.4 Å². The molecule has 0 aliphatic rings. The molecule has 0 fully saturated rings. The van der Waals surface area contributed by atoms with Gasteiger partial charge in [-0.05, 0) is 30.3 Å². The van der Waals surface area contributed by atoms with Crippen LogP contribution < -0.4 is 15.5 Å². The van der Waals surface area contributed by atoms with Crippen molar-refractivity contribution < 1.29 is 9.53 Å². The predicted molar refractivity (Wildman–Crippen MR) is 97.5 cm³/mol. The van der Waals surface area contributed by atoms with Gasteiger partial charge in [-0.1, -0.05) is 22.0 Å². The molecule has 0 aliphatic heterocycles. The lowest BCUT2D eigenvalue weighted by Gasteiger charge is -2.12. The molecule has 2 aromatic carbocycles. The number of rotatable bonds is 4. The number of nitrogens with zero attached hydrogens (tertiary/aromatic N) is 1. The van der Waals surface area contributed by atoms with Gasteiger partial charge in [0.25, 0.3) is 0 Å². The third-order valence-corrected chi connectivity index (χ3v) is 4.10. The highest BCUT2D eigenvalue weighted by atomic mass is 79.9. The number of fused-ring (bicyclic) bond motifs is 1. The summed E-state index contributed by atoms with van der Waals surface area (Å²) in [4.78, 5) is 24.3. The molecular formula is C18H15BrN2O3. The molecular weight excluding hydrogens is 372 g/mol. The van der Waals surface area contributed by atoms with E-state index in [9.17, 15) is 9.59 Å². The Morgan fingerprint density at radius 3 is 2.83 bits per heavy atom. The smallest absolute Gasteiger partial charge is 0.244 e. The van der Waals surface area contributed by atoms with E-state index in [0.29, 0.717) is 22.3 Å². The van der Waals surface area contributed by atoms with Crippen LogP contribution in [-0.4, -0.2) is 17.6 Å². The normalized spacial score (nSPS) is 10.6. The number of nitrogens with one attached hydrogen (secondary N) is 1. The minimum atomic E-state index is -0.184. The van der Waals surface area contributed by atoms with Crippen LogP contribution in [0.5, 0.6) is 5.75 Å². The Morgan fingerprint density at radius 1 is 1.21 bits per heavy atom. The summed E-state index contributed by atoms with van der Waals surface area (Å²) in [6, 6.07) is 14.0. The summed E-state index contributed by atoms with van der Waals surface area (Å²) in [6.07, 6.45) is 1.63. The summed E-state index contributed by atoms with van der Waals surface area (Å²) in [6.45, 7) is 0.107. The fourth-order valence-electron chi connectivity index (χ4n) is 2.48. The highest BCUT2D eigenvalue weighted by Gasteiger charge is 2.08. The lowest BCUT2D eigenvalue weighted by atomic mass is 10.2. The fraction of sp³-hybridized carbons (Fsp3) is 0.111. The Kier molecular flexibility index (Phi) is 4.66. The number of aromatic nitrogens is 1. The first-order valence-electron chi connectivity index (χ1n) is 7.29. The Morgan fingerprint density at radius 2 is 2.04 bits per heavy atom. The number of halogens is 1. The molecule has 122 valence electrons. The summed E-state index contributed by atoms with van der Waals surface area (Å²) in [5.74, 6) is 0.489. The quantitative estimate of drug-likeness (QED) is 0.747. The van der Waals surface area contributed by atoms with Gasteiger partial charge in [-0.3, -0.25) is 9.59 Å². The molecule has 0 spiro atoms. The van der Waals surface area contributed by atoms with Crippen molar-refractivity contribution in [3.05, 3.63) is 69.4 Å². The van der Waals surface area contributed by atoms with E-state index in [1.54, 1.807) is 42.1 Å². The summed E-state index contributed by atoms with van der Waals surface area (Å²) in [5, 5.41) is 3.40. The second-order valence-corrected chi connectivity index (χ2v) is 6.17. The third kappa shape index (κ3) is 3.49. The molecule has 0 unspecified atom stereocenters. The van der Waals surface area contributed by atoms with E-state index in [-0.39, 0.29) is 17.9 Å². The van der Waals surface area contributed by atoms with Crippen LogP contribution in [0.1, 0.15) is 0 Å².